The summed E-state index contributed by atoms with van der Waals surface area (Å²) in [7, 11) is 1.54. The lowest BCUT2D eigenvalue weighted by atomic mass is 10.0. The van der Waals surface area contributed by atoms with Crippen LogP contribution in [0.5, 0.6) is 5.75 Å². The SMILES string of the molecule is COc1ccc(C(=O)N2CCc3c(n(CC(=O)O)c4ccccc34)C2=O)cc1. The van der Waals surface area contributed by atoms with E-state index in [4.69, 9.17) is 4.74 Å². The Morgan fingerprint density at radius 1 is 1.11 bits per heavy atom. The van der Waals surface area contributed by atoms with Gasteiger partial charge in [-0.15, -0.1) is 0 Å². The van der Waals surface area contributed by atoms with Gasteiger partial charge in [0.15, 0.2) is 0 Å². The highest BCUT2D eigenvalue weighted by molar-refractivity contribution is 6.13. The highest BCUT2D eigenvalue weighted by Crippen LogP contribution is 2.31. The Morgan fingerprint density at radius 2 is 1.82 bits per heavy atom. The van der Waals surface area contributed by atoms with Gasteiger partial charge in [-0.25, -0.2) is 0 Å². The van der Waals surface area contributed by atoms with Crippen LogP contribution in [0.15, 0.2) is 48.5 Å². The minimum atomic E-state index is -1.05. The first-order valence-electron chi connectivity index (χ1n) is 8.83. The van der Waals surface area contributed by atoms with Gasteiger partial charge in [0.05, 0.1) is 7.11 Å². The van der Waals surface area contributed by atoms with Gasteiger partial charge in [-0.3, -0.25) is 19.3 Å². The molecule has 2 amide bonds. The molecule has 3 aromatic rings. The molecular formula is C21H18N2O5. The fourth-order valence-corrected chi connectivity index (χ4v) is 3.71. The Balaban J connectivity index is 1.77. The van der Waals surface area contributed by atoms with Crippen LogP contribution in [-0.2, 0) is 17.8 Å². The van der Waals surface area contributed by atoms with Crippen LogP contribution in [-0.4, -0.2) is 46.0 Å². The molecule has 1 N–H and O–H groups in total. The lowest BCUT2D eigenvalue weighted by Crippen LogP contribution is -2.43. The average Bonchev–Trinajstić information content (AvgIpc) is 3.02. The molecule has 0 saturated heterocycles. The number of carboxylic acid groups (broad SMARTS) is 1. The smallest absolute Gasteiger partial charge is 0.323 e. The summed E-state index contributed by atoms with van der Waals surface area (Å²) in [5.74, 6) is -1.31. The standard InChI is InChI=1S/C21H18N2O5/c1-28-14-8-6-13(7-9-14)20(26)22-11-10-16-15-4-2-3-5-17(15)23(12-18(24)25)19(16)21(22)27/h2-9H,10-12H2,1H3,(H,24,25). The number of carboxylic acids is 1. The van der Waals surface area contributed by atoms with Crippen molar-refractivity contribution in [1.82, 2.24) is 9.47 Å². The number of amides is 2. The largest absolute Gasteiger partial charge is 0.497 e. The molecule has 0 atom stereocenters. The summed E-state index contributed by atoms with van der Waals surface area (Å²) < 4.78 is 6.59. The summed E-state index contributed by atoms with van der Waals surface area (Å²) in [5.41, 5.74) is 2.12. The number of imide groups is 1. The van der Waals surface area contributed by atoms with Gasteiger partial charge in [0, 0.05) is 23.0 Å². The van der Waals surface area contributed by atoms with Gasteiger partial charge in [0.25, 0.3) is 11.8 Å². The fourth-order valence-electron chi connectivity index (χ4n) is 3.71. The molecule has 0 aliphatic carbocycles. The summed E-state index contributed by atoms with van der Waals surface area (Å²) >= 11 is 0. The number of nitrogens with zero attached hydrogens (tertiary/aromatic N) is 2. The van der Waals surface area contributed by atoms with Crippen LogP contribution in [0.4, 0.5) is 0 Å². The molecule has 0 fully saturated rings. The minimum absolute atomic E-state index is 0.248. The van der Waals surface area contributed by atoms with Crippen LogP contribution in [0, 0.1) is 0 Å². The van der Waals surface area contributed by atoms with Crippen LogP contribution >= 0.6 is 0 Å². The van der Waals surface area contributed by atoms with Crippen molar-refractivity contribution < 1.29 is 24.2 Å². The minimum Gasteiger partial charge on any atom is -0.497 e. The Morgan fingerprint density at radius 3 is 2.50 bits per heavy atom. The van der Waals surface area contributed by atoms with Crippen molar-refractivity contribution in [3.63, 3.8) is 0 Å². The van der Waals surface area contributed by atoms with Gasteiger partial charge in [0.1, 0.15) is 18.0 Å². The molecule has 142 valence electrons. The predicted molar refractivity (Wildman–Crippen MR) is 102 cm³/mol. The summed E-state index contributed by atoms with van der Waals surface area (Å²) in [6.07, 6.45) is 0.482. The lowest BCUT2D eigenvalue weighted by molar-refractivity contribution is -0.137. The molecule has 1 aliphatic heterocycles. The highest BCUT2D eigenvalue weighted by atomic mass is 16.5. The summed E-state index contributed by atoms with van der Waals surface area (Å²) in [4.78, 5) is 38.7. The van der Waals surface area contributed by atoms with E-state index in [1.807, 2.05) is 12.1 Å². The maximum absolute atomic E-state index is 13.2. The van der Waals surface area contributed by atoms with E-state index in [9.17, 15) is 19.5 Å². The molecular weight excluding hydrogens is 360 g/mol. The van der Waals surface area contributed by atoms with E-state index in [2.05, 4.69) is 0 Å². The molecule has 4 rings (SSSR count). The number of carbonyl (C=O) groups is 3. The van der Waals surface area contributed by atoms with Gasteiger partial charge < -0.3 is 14.4 Å². The molecule has 0 unspecified atom stereocenters. The number of methoxy groups -OCH3 is 1. The number of hydrogen-bond donors (Lipinski definition) is 1. The van der Waals surface area contributed by atoms with Crippen molar-refractivity contribution >= 4 is 28.7 Å². The quantitative estimate of drug-likeness (QED) is 0.705. The number of hydrogen-bond acceptors (Lipinski definition) is 4. The number of aromatic nitrogens is 1. The Kier molecular flexibility index (Phi) is 4.35. The first-order valence-corrected chi connectivity index (χ1v) is 8.83. The zero-order valence-corrected chi connectivity index (χ0v) is 15.2. The molecule has 7 heteroatoms. The Labute approximate surface area is 160 Å². The second kappa shape index (κ2) is 6.84. The fraction of sp³-hybridized carbons (Fsp3) is 0.190. The molecule has 1 aromatic heterocycles. The predicted octanol–water partition coefficient (Wildman–Crippen LogP) is 2.57. The van der Waals surface area contributed by atoms with E-state index >= 15 is 0 Å². The van der Waals surface area contributed by atoms with Crippen molar-refractivity contribution in [1.29, 1.82) is 0 Å². The second-order valence-electron chi connectivity index (χ2n) is 6.56. The van der Waals surface area contributed by atoms with E-state index < -0.39 is 17.8 Å². The molecule has 1 aliphatic rings. The Hall–Kier alpha value is -3.61. The van der Waals surface area contributed by atoms with E-state index in [1.165, 1.54) is 16.6 Å². The molecule has 0 spiro atoms. The van der Waals surface area contributed by atoms with Gasteiger partial charge in [0.2, 0.25) is 0 Å². The third-order valence-corrected chi connectivity index (χ3v) is 4.98. The third-order valence-electron chi connectivity index (χ3n) is 4.98. The molecule has 0 saturated carbocycles. The van der Waals surface area contributed by atoms with Gasteiger partial charge in [-0.2, -0.15) is 0 Å². The van der Waals surface area contributed by atoms with E-state index in [0.29, 0.717) is 23.3 Å². The van der Waals surface area contributed by atoms with Gasteiger partial charge in [-0.05, 0) is 42.3 Å². The number of aliphatic carboxylic acids is 1. The molecule has 0 radical (unpaired) electrons. The van der Waals surface area contributed by atoms with Crippen molar-refractivity contribution in [2.45, 2.75) is 13.0 Å². The molecule has 0 bridgehead atoms. The monoisotopic (exact) mass is 378 g/mol. The normalized spacial score (nSPS) is 13.5. The lowest BCUT2D eigenvalue weighted by Gasteiger charge is -2.26. The topological polar surface area (TPSA) is 88.8 Å². The molecule has 2 heterocycles. The molecule has 2 aromatic carbocycles. The number of ether oxygens (including phenoxy) is 1. The molecule has 28 heavy (non-hydrogen) atoms. The van der Waals surface area contributed by atoms with Gasteiger partial charge in [-0.1, -0.05) is 18.2 Å². The average molecular weight is 378 g/mol. The third kappa shape index (κ3) is 2.81. The van der Waals surface area contributed by atoms with Gasteiger partial charge >= 0.3 is 5.97 Å². The van der Waals surface area contributed by atoms with E-state index in [1.54, 1.807) is 36.4 Å². The number of rotatable bonds is 4. The highest BCUT2D eigenvalue weighted by Gasteiger charge is 2.34. The summed E-state index contributed by atoms with van der Waals surface area (Å²) in [5, 5.41) is 10.2. The van der Waals surface area contributed by atoms with Crippen LogP contribution in [0.3, 0.4) is 0 Å². The van der Waals surface area contributed by atoms with Crippen LogP contribution in [0.1, 0.15) is 26.4 Å². The Bertz CT molecular complexity index is 1100. The first kappa shape index (κ1) is 17.8. The maximum Gasteiger partial charge on any atom is 0.323 e. The van der Waals surface area contributed by atoms with Crippen molar-refractivity contribution in [3.05, 3.63) is 65.4 Å². The van der Waals surface area contributed by atoms with Crippen LogP contribution in [0.2, 0.25) is 0 Å². The van der Waals surface area contributed by atoms with Crippen LogP contribution in [0.25, 0.3) is 10.9 Å². The van der Waals surface area contributed by atoms with E-state index in [-0.39, 0.29) is 18.8 Å². The number of para-hydroxylation sites is 1. The number of fused-ring (bicyclic) bond motifs is 3. The van der Waals surface area contributed by atoms with E-state index in [0.717, 1.165) is 10.9 Å². The number of benzene rings is 2. The maximum atomic E-state index is 13.2. The zero-order chi connectivity index (χ0) is 19.8. The summed E-state index contributed by atoms with van der Waals surface area (Å²) in [6, 6.07) is 13.9. The van der Waals surface area contributed by atoms with Crippen molar-refractivity contribution in [3.8, 4) is 5.75 Å². The van der Waals surface area contributed by atoms with Crippen molar-refractivity contribution in [2.24, 2.45) is 0 Å². The number of carbonyl (C=O) groups excluding carboxylic acids is 2. The molecule has 7 nitrogen and oxygen atoms in total. The van der Waals surface area contributed by atoms with Crippen molar-refractivity contribution in [2.75, 3.05) is 13.7 Å². The van der Waals surface area contributed by atoms with Crippen LogP contribution < -0.4 is 4.74 Å². The summed E-state index contributed by atoms with van der Waals surface area (Å²) in [6.45, 7) is -0.0933. The second-order valence-corrected chi connectivity index (χ2v) is 6.56. The zero-order valence-electron chi connectivity index (χ0n) is 15.2. The first-order chi connectivity index (χ1) is 13.5.